The van der Waals surface area contributed by atoms with Gasteiger partial charge in [0.05, 0.1) is 5.75 Å². The van der Waals surface area contributed by atoms with Gasteiger partial charge in [-0.1, -0.05) is 24.3 Å². The summed E-state index contributed by atoms with van der Waals surface area (Å²) in [6.45, 7) is 0.877. The van der Waals surface area contributed by atoms with Crippen molar-refractivity contribution in [2.75, 3.05) is 12.3 Å². The van der Waals surface area contributed by atoms with E-state index in [1.165, 1.54) is 12.1 Å². The van der Waals surface area contributed by atoms with Crippen molar-refractivity contribution in [1.29, 1.82) is 0 Å². The summed E-state index contributed by atoms with van der Waals surface area (Å²) in [4.78, 5) is 1.87. The Morgan fingerprint density at radius 1 is 1.14 bits per heavy atom. The predicted octanol–water partition coefficient (Wildman–Crippen LogP) is 3.75. The average Bonchev–Trinajstić information content (AvgIpc) is 2.83. The van der Waals surface area contributed by atoms with E-state index in [0.717, 1.165) is 16.7 Å². The molecule has 0 unspecified atom stereocenters. The number of benzene rings is 2. The molecule has 0 amide bonds. The molecule has 0 aliphatic carbocycles. The predicted molar refractivity (Wildman–Crippen MR) is 107 cm³/mol. The number of ether oxygens (including phenoxy) is 1. The van der Waals surface area contributed by atoms with Crippen molar-refractivity contribution in [3.63, 3.8) is 0 Å². The largest absolute Gasteiger partial charge is 0.489 e. The summed E-state index contributed by atoms with van der Waals surface area (Å²) in [7, 11) is -3.47. The first-order valence-electron chi connectivity index (χ1n) is 8.96. The second kappa shape index (κ2) is 7.59. The lowest BCUT2D eigenvalue weighted by molar-refractivity contribution is 0.305. The van der Waals surface area contributed by atoms with Gasteiger partial charge in [0.15, 0.2) is 5.84 Å². The summed E-state index contributed by atoms with van der Waals surface area (Å²) in [5.41, 5.74) is 2.35. The summed E-state index contributed by atoms with van der Waals surface area (Å²) in [6.07, 6.45) is 6.14. The molecule has 0 atom stereocenters. The molecule has 2 aromatic carbocycles. The molecule has 5 nitrogen and oxygen atoms in total. The lowest BCUT2D eigenvalue weighted by Gasteiger charge is -2.24. The number of nitrogens with zero attached hydrogens (tertiary/aromatic N) is 2. The van der Waals surface area contributed by atoms with Crippen LogP contribution in [0.25, 0.3) is 5.57 Å². The van der Waals surface area contributed by atoms with Crippen LogP contribution in [0.3, 0.4) is 0 Å². The maximum Gasteiger partial charge on any atom is 0.255 e. The van der Waals surface area contributed by atoms with Crippen LogP contribution < -0.4 is 4.74 Å². The van der Waals surface area contributed by atoms with Gasteiger partial charge in [0.1, 0.15) is 18.2 Å². The maximum atomic E-state index is 13.2. The van der Waals surface area contributed by atoms with Crippen LogP contribution in [0.1, 0.15) is 17.5 Å². The van der Waals surface area contributed by atoms with Gasteiger partial charge in [0, 0.05) is 18.3 Å². The van der Waals surface area contributed by atoms with Crippen molar-refractivity contribution >= 4 is 21.4 Å². The molecule has 0 fully saturated rings. The number of hydrogen-bond donors (Lipinski definition) is 0. The van der Waals surface area contributed by atoms with E-state index in [2.05, 4.69) is 4.40 Å². The van der Waals surface area contributed by atoms with Gasteiger partial charge < -0.3 is 9.64 Å². The van der Waals surface area contributed by atoms with Crippen LogP contribution >= 0.6 is 0 Å². The van der Waals surface area contributed by atoms with E-state index in [4.69, 9.17) is 4.74 Å². The average molecular weight is 398 g/mol. The monoisotopic (exact) mass is 398 g/mol. The minimum absolute atomic E-state index is 0.0565. The highest BCUT2D eigenvalue weighted by atomic mass is 32.2. The van der Waals surface area contributed by atoms with Gasteiger partial charge in [-0.15, -0.1) is 4.40 Å². The zero-order chi connectivity index (χ0) is 19.6. The Morgan fingerprint density at radius 2 is 1.96 bits per heavy atom. The first kappa shape index (κ1) is 18.4. The smallest absolute Gasteiger partial charge is 0.255 e. The molecule has 144 valence electrons. The fraction of sp³-hybridized carbons (Fsp3) is 0.190. The summed E-state index contributed by atoms with van der Waals surface area (Å²) >= 11 is 0. The van der Waals surface area contributed by atoms with Crippen LogP contribution in [0.4, 0.5) is 4.39 Å². The van der Waals surface area contributed by atoms with Crippen LogP contribution in [0.2, 0.25) is 0 Å². The van der Waals surface area contributed by atoms with Crippen LogP contribution in [0, 0.1) is 5.82 Å². The third-order valence-corrected chi connectivity index (χ3v) is 5.78. The van der Waals surface area contributed by atoms with Crippen LogP contribution in [-0.4, -0.2) is 31.5 Å². The van der Waals surface area contributed by atoms with E-state index in [-0.39, 0.29) is 18.2 Å². The molecule has 0 aromatic heterocycles. The fourth-order valence-electron chi connectivity index (χ4n) is 3.17. The van der Waals surface area contributed by atoms with E-state index in [0.29, 0.717) is 24.6 Å². The first-order chi connectivity index (χ1) is 13.5. The second-order valence-electron chi connectivity index (χ2n) is 6.61. The SMILES string of the molecule is O=S1(=O)CCCN2C=CC=C(c3ccc(OCc4cccc(F)c4)cc3)C2=N1. The quantitative estimate of drug-likeness (QED) is 0.787. The molecule has 2 heterocycles. The van der Waals surface area contributed by atoms with Crippen molar-refractivity contribution < 1.29 is 17.5 Å². The lowest BCUT2D eigenvalue weighted by atomic mass is 10.0. The number of amidine groups is 1. The highest BCUT2D eigenvalue weighted by Gasteiger charge is 2.25. The molecule has 2 aromatic rings. The third kappa shape index (κ3) is 4.14. The minimum Gasteiger partial charge on any atom is -0.489 e. The van der Waals surface area contributed by atoms with E-state index in [1.54, 1.807) is 12.1 Å². The normalized spacial score (nSPS) is 18.0. The van der Waals surface area contributed by atoms with Crippen LogP contribution in [-0.2, 0) is 16.6 Å². The molecule has 2 aliphatic rings. The number of fused-ring (bicyclic) bond motifs is 1. The Kier molecular flexibility index (Phi) is 5.00. The fourth-order valence-corrected chi connectivity index (χ4v) is 4.22. The summed E-state index contributed by atoms with van der Waals surface area (Å²) in [5, 5.41) is 0. The van der Waals surface area contributed by atoms with E-state index in [1.807, 2.05) is 47.5 Å². The number of hydrogen-bond acceptors (Lipinski definition) is 4. The Morgan fingerprint density at radius 3 is 2.75 bits per heavy atom. The Bertz CT molecular complexity index is 1070. The van der Waals surface area contributed by atoms with Crippen molar-refractivity contribution in [2.24, 2.45) is 4.40 Å². The number of allylic oxidation sites excluding steroid dienone is 2. The molecule has 2 aliphatic heterocycles. The second-order valence-corrected chi connectivity index (χ2v) is 8.37. The molecule has 4 rings (SSSR count). The van der Waals surface area contributed by atoms with Gasteiger partial charge in [-0.05, 0) is 54.0 Å². The highest BCUT2D eigenvalue weighted by Crippen LogP contribution is 2.27. The number of halogens is 1. The first-order valence-corrected chi connectivity index (χ1v) is 10.6. The number of sulfonamides is 1. The Labute approximate surface area is 163 Å². The van der Waals surface area contributed by atoms with E-state index >= 15 is 0 Å². The topological polar surface area (TPSA) is 59.0 Å². The van der Waals surface area contributed by atoms with Crippen molar-refractivity contribution in [1.82, 2.24) is 4.90 Å². The lowest BCUT2D eigenvalue weighted by Crippen LogP contribution is -2.28. The van der Waals surface area contributed by atoms with Gasteiger partial charge in [-0.3, -0.25) is 0 Å². The Balaban J connectivity index is 1.54. The molecule has 7 heteroatoms. The Hall–Kier alpha value is -2.93. The molecular weight excluding hydrogens is 379 g/mol. The van der Waals surface area contributed by atoms with Crippen LogP contribution in [0.15, 0.2) is 71.3 Å². The molecular formula is C21H19FN2O3S. The van der Waals surface area contributed by atoms with Gasteiger partial charge in [-0.25, -0.2) is 12.8 Å². The summed E-state index contributed by atoms with van der Waals surface area (Å²) in [6, 6.07) is 13.6. The molecule has 28 heavy (non-hydrogen) atoms. The standard InChI is InChI=1S/C21H19FN2O3S/c22-18-5-1-4-16(14-18)15-27-19-9-7-17(8-10-19)20-6-2-11-24-12-3-13-28(25,26)23-21(20)24/h1-2,4-11,14H,3,12-13,15H2. The van der Waals surface area contributed by atoms with Crippen molar-refractivity contribution in [3.8, 4) is 5.75 Å². The molecule has 0 radical (unpaired) electrons. The maximum absolute atomic E-state index is 13.2. The molecule has 0 spiro atoms. The van der Waals surface area contributed by atoms with E-state index in [9.17, 15) is 12.8 Å². The summed E-state index contributed by atoms with van der Waals surface area (Å²) < 4.78 is 47.2. The highest BCUT2D eigenvalue weighted by molar-refractivity contribution is 7.90. The third-order valence-electron chi connectivity index (χ3n) is 4.53. The minimum atomic E-state index is -3.47. The molecule has 0 N–H and O–H groups in total. The van der Waals surface area contributed by atoms with E-state index < -0.39 is 10.0 Å². The van der Waals surface area contributed by atoms with Gasteiger partial charge in [-0.2, -0.15) is 0 Å². The molecule has 0 saturated carbocycles. The number of rotatable bonds is 4. The zero-order valence-electron chi connectivity index (χ0n) is 15.1. The molecule has 0 bridgehead atoms. The van der Waals surface area contributed by atoms with Gasteiger partial charge in [0.2, 0.25) is 0 Å². The summed E-state index contributed by atoms with van der Waals surface area (Å²) in [5.74, 6) is 0.860. The van der Waals surface area contributed by atoms with Crippen molar-refractivity contribution in [2.45, 2.75) is 13.0 Å². The van der Waals surface area contributed by atoms with Gasteiger partial charge >= 0.3 is 0 Å². The van der Waals surface area contributed by atoms with Crippen LogP contribution in [0.5, 0.6) is 5.75 Å². The van der Waals surface area contributed by atoms with Gasteiger partial charge in [0.25, 0.3) is 10.0 Å². The van der Waals surface area contributed by atoms with Crippen molar-refractivity contribution in [3.05, 3.63) is 83.8 Å². The molecule has 0 saturated heterocycles. The zero-order valence-corrected chi connectivity index (χ0v) is 15.9.